The fourth-order valence-electron chi connectivity index (χ4n) is 2.06. The van der Waals surface area contributed by atoms with Gasteiger partial charge in [0.15, 0.2) is 0 Å². The van der Waals surface area contributed by atoms with Crippen LogP contribution in [0.2, 0.25) is 0 Å². The number of thioether (sulfide) groups is 1. The number of rotatable bonds is 3. The number of carbonyl (C=O) groups is 1. The van der Waals surface area contributed by atoms with Crippen molar-refractivity contribution < 1.29 is 4.79 Å². The van der Waals surface area contributed by atoms with Gasteiger partial charge in [0.1, 0.15) is 0 Å². The molecule has 0 bridgehead atoms. The summed E-state index contributed by atoms with van der Waals surface area (Å²) >= 11 is 2.01. The van der Waals surface area contributed by atoms with E-state index in [1.165, 1.54) is 24.3 Å². The highest BCUT2D eigenvalue weighted by atomic mass is 32.2. The average Bonchev–Trinajstić information content (AvgIpc) is 2.40. The molecular formula is C14H20N2OS. The molecule has 1 fully saturated rings. The number of hydrogen-bond donors (Lipinski definition) is 1. The van der Waals surface area contributed by atoms with Crippen molar-refractivity contribution in [2.75, 3.05) is 30.9 Å². The number of benzene rings is 1. The fourth-order valence-corrected chi connectivity index (χ4v) is 3.13. The minimum Gasteiger partial charge on any atom is -0.381 e. The van der Waals surface area contributed by atoms with Gasteiger partial charge >= 0.3 is 0 Å². The molecule has 0 aromatic heterocycles. The van der Waals surface area contributed by atoms with Gasteiger partial charge in [0, 0.05) is 37.1 Å². The van der Waals surface area contributed by atoms with E-state index < -0.39 is 0 Å². The first-order chi connectivity index (χ1) is 8.66. The molecule has 18 heavy (non-hydrogen) atoms. The Morgan fingerprint density at radius 2 is 2.06 bits per heavy atom. The third-order valence-electron chi connectivity index (χ3n) is 3.07. The maximum absolute atomic E-state index is 11.7. The molecule has 1 amide bonds. The van der Waals surface area contributed by atoms with E-state index in [2.05, 4.69) is 5.32 Å². The van der Waals surface area contributed by atoms with Gasteiger partial charge in [-0.15, -0.1) is 0 Å². The molecule has 1 saturated heterocycles. The number of amides is 1. The van der Waals surface area contributed by atoms with E-state index in [9.17, 15) is 4.79 Å². The summed E-state index contributed by atoms with van der Waals surface area (Å²) in [6, 6.07) is 8.34. The lowest BCUT2D eigenvalue weighted by atomic mass is 10.1. The number of nitrogens with one attached hydrogen (secondary N) is 1. The Morgan fingerprint density at radius 3 is 2.61 bits per heavy atom. The molecule has 1 atom stereocenters. The molecule has 1 N–H and O–H groups in total. The lowest BCUT2D eigenvalue weighted by Gasteiger charge is -2.23. The summed E-state index contributed by atoms with van der Waals surface area (Å²) in [4.78, 5) is 13.3. The molecular weight excluding hydrogens is 244 g/mol. The van der Waals surface area contributed by atoms with Crippen LogP contribution in [0.15, 0.2) is 24.3 Å². The Morgan fingerprint density at radius 1 is 1.33 bits per heavy atom. The first kappa shape index (κ1) is 13.3. The predicted octanol–water partition coefficient (Wildman–Crippen LogP) is 2.70. The molecule has 1 aliphatic rings. The Kier molecular flexibility index (Phi) is 4.53. The van der Waals surface area contributed by atoms with Gasteiger partial charge in [0.2, 0.25) is 0 Å². The van der Waals surface area contributed by atoms with Crippen LogP contribution in [0, 0.1) is 0 Å². The second-order valence-corrected chi connectivity index (χ2v) is 5.99. The first-order valence-corrected chi connectivity index (χ1v) is 7.48. The maximum Gasteiger partial charge on any atom is 0.253 e. The zero-order valence-corrected chi connectivity index (χ0v) is 11.8. The fraction of sp³-hybridized carbons (Fsp3) is 0.500. The summed E-state index contributed by atoms with van der Waals surface area (Å²) in [5.74, 6) is 2.52. The van der Waals surface area contributed by atoms with Gasteiger partial charge in [-0.1, -0.05) is 0 Å². The molecule has 0 spiro atoms. The van der Waals surface area contributed by atoms with Crippen LogP contribution in [-0.2, 0) is 0 Å². The van der Waals surface area contributed by atoms with Crippen molar-refractivity contribution in [2.24, 2.45) is 0 Å². The van der Waals surface area contributed by atoms with Crippen molar-refractivity contribution in [3.63, 3.8) is 0 Å². The zero-order valence-electron chi connectivity index (χ0n) is 11.0. The summed E-state index contributed by atoms with van der Waals surface area (Å²) in [5.41, 5.74) is 1.85. The average molecular weight is 264 g/mol. The van der Waals surface area contributed by atoms with Crippen LogP contribution in [0.5, 0.6) is 0 Å². The van der Waals surface area contributed by atoms with Crippen LogP contribution in [0.1, 0.15) is 23.2 Å². The third kappa shape index (κ3) is 3.42. The van der Waals surface area contributed by atoms with Gasteiger partial charge in [-0.25, -0.2) is 0 Å². The van der Waals surface area contributed by atoms with Crippen LogP contribution in [0.25, 0.3) is 0 Å². The Hall–Kier alpha value is -1.16. The van der Waals surface area contributed by atoms with E-state index in [0.29, 0.717) is 6.04 Å². The first-order valence-electron chi connectivity index (χ1n) is 6.33. The van der Waals surface area contributed by atoms with Crippen LogP contribution >= 0.6 is 11.8 Å². The Balaban J connectivity index is 1.96. The minimum atomic E-state index is 0.0507. The van der Waals surface area contributed by atoms with E-state index >= 15 is 0 Å². The zero-order chi connectivity index (χ0) is 13.0. The summed E-state index contributed by atoms with van der Waals surface area (Å²) in [6.07, 6.45) is 2.53. The summed E-state index contributed by atoms with van der Waals surface area (Å²) in [7, 11) is 3.54. The van der Waals surface area contributed by atoms with Crippen molar-refractivity contribution >= 4 is 23.4 Å². The van der Waals surface area contributed by atoms with Gasteiger partial charge < -0.3 is 10.2 Å². The molecule has 1 aromatic carbocycles. The SMILES string of the molecule is CN(C)C(=O)c1ccc(NC2CCCSC2)cc1. The number of hydrogen-bond acceptors (Lipinski definition) is 3. The largest absolute Gasteiger partial charge is 0.381 e. The van der Waals surface area contributed by atoms with E-state index in [1.54, 1.807) is 19.0 Å². The van der Waals surface area contributed by atoms with Crippen molar-refractivity contribution in [2.45, 2.75) is 18.9 Å². The molecule has 0 saturated carbocycles. The van der Waals surface area contributed by atoms with E-state index in [4.69, 9.17) is 0 Å². The number of anilines is 1. The normalized spacial score (nSPS) is 19.3. The van der Waals surface area contributed by atoms with Crippen LogP contribution in [-0.4, -0.2) is 42.4 Å². The van der Waals surface area contributed by atoms with E-state index in [-0.39, 0.29) is 5.91 Å². The predicted molar refractivity (Wildman–Crippen MR) is 78.4 cm³/mol. The summed E-state index contributed by atoms with van der Waals surface area (Å²) in [5, 5.41) is 3.53. The van der Waals surface area contributed by atoms with Gasteiger partial charge in [-0.05, 0) is 42.9 Å². The molecule has 4 heteroatoms. The number of carbonyl (C=O) groups excluding carboxylic acids is 1. The summed E-state index contributed by atoms with van der Waals surface area (Å²) in [6.45, 7) is 0. The lowest BCUT2D eigenvalue weighted by molar-refractivity contribution is 0.0827. The third-order valence-corrected chi connectivity index (χ3v) is 4.28. The van der Waals surface area contributed by atoms with Crippen LogP contribution < -0.4 is 5.32 Å². The second kappa shape index (κ2) is 6.14. The number of nitrogens with zero attached hydrogens (tertiary/aromatic N) is 1. The van der Waals surface area contributed by atoms with Crippen molar-refractivity contribution in [3.8, 4) is 0 Å². The van der Waals surface area contributed by atoms with Gasteiger partial charge in [-0.2, -0.15) is 11.8 Å². The van der Waals surface area contributed by atoms with Crippen molar-refractivity contribution in [1.29, 1.82) is 0 Å². The molecule has 98 valence electrons. The molecule has 0 aliphatic carbocycles. The van der Waals surface area contributed by atoms with Crippen LogP contribution in [0.3, 0.4) is 0 Å². The van der Waals surface area contributed by atoms with Gasteiger partial charge in [0.25, 0.3) is 5.91 Å². The lowest BCUT2D eigenvalue weighted by Crippen LogP contribution is -2.25. The van der Waals surface area contributed by atoms with Crippen molar-refractivity contribution in [1.82, 2.24) is 4.90 Å². The molecule has 2 rings (SSSR count). The smallest absolute Gasteiger partial charge is 0.253 e. The highest BCUT2D eigenvalue weighted by Gasteiger charge is 2.13. The Bertz CT molecular complexity index is 397. The Labute approximate surface area is 113 Å². The molecule has 1 aliphatic heterocycles. The molecule has 0 radical (unpaired) electrons. The quantitative estimate of drug-likeness (QED) is 0.911. The highest BCUT2D eigenvalue weighted by molar-refractivity contribution is 7.99. The molecule has 1 heterocycles. The second-order valence-electron chi connectivity index (χ2n) is 4.84. The topological polar surface area (TPSA) is 32.3 Å². The van der Waals surface area contributed by atoms with Gasteiger partial charge in [-0.3, -0.25) is 4.79 Å². The molecule has 1 unspecified atom stereocenters. The summed E-state index contributed by atoms with van der Waals surface area (Å²) < 4.78 is 0. The molecule has 1 aromatic rings. The molecule has 3 nitrogen and oxygen atoms in total. The van der Waals surface area contributed by atoms with Crippen molar-refractivity contribution in [3.05, 3.63) is 29.8 Å². The van der Waals surface area contributed by atoms with E-state index in [0.717, 1.165) is 11.3 Å². The maximum atomic E-state index is 11.7. The van der Waals surface area contributed by atoms with E-state index in [1.807, 2.05) is 36.0 Å². The monoisotopic (exact) mass is 264 g/mol. The standard InChI is InChI=1S/C14H20N2OS/c1-16(2)14(17)11-5-7-12(8-6-11)15-13-4-3-9-18-10-13/h5-8,13,15H,3-4,9-10H2,1-2H3. The van der Waals surface area contributed by atoms with Gasteiger partial charge in [0.05, 0.1) is 0 Å². The minimum absolute atomic E-state index is 0.0507. The highest BCUT2D eigenvalue weighted by Crippen LogP contribution is 2.21. The van der Waals surface area contributed by atoms with Crippen LogP contribution in [0.4, 0.5) is 5.69 Å².